The van der Waals surface area contributed by atoms with Crippen LogP contribution in [-0.4, -0.2) is 44.3 Å². The van der Waals surface area contributed by atoms with Crippen LogP contribution < -0.4 is 0 Å². The number of hydrogen-bond donors (Lipinski definition) is 1. The molecule has 1 N–H and O–H groups in total. The van der Waals surface area contributed by atoms with Gasteiger partial charge in [-0.15, -0.1) is 0 Å². The first-order chi connectivity index (χ1) is 10.9. The first kappa shape index (κ1) is 18.0. The van der Waals surface area contributed by atoms with E-state index in [0.29, 0.717) is 21.4 Å². The van der Waals surface area contributed by atoms with Crippen molar-refractivity contribution in [3.8, 4) is 0 Å². The molecule has 1 amide bonds. The number of thiocarbonyl (C=S) groups is 1. The molecule has 0 aromatic heterocycles. The van der Waals surface area contributed by atoms with Gasteiger partial charge >= 0.3 is 5.97 Å². The van der Waals surface area contributed by atoms with Gasteiger partial charge in [-0.1, -0.05) is 53.8 Å². The lowest BCUT2D eigenvalue weighted by Gasteiger charge is -2.22. The molecule has 122 valence electrons. The van der Waals surface area contributed by atoms with E-state index in [2.05, 4.69) is 0 Å². The Labute approximate surface area is 149 Å². The van der Waals surface area contributed by atoms with Crippen molar-refractivity contribution in [1.82, 2.24) is 4.90 Å². The van der Waals surface area contributed by atoms with Crippen LogP contribution in [0.5, 0.6) is 0 Å². The summed E-state index contributed by atoms with van der Waals surface area (Å²) < 4.78 is 0.307. The molecule has 2 rings (SSSR count). The van der Waals surface area contributed by atoms with Crippen molar-refractivity contribution in [2.75, 3.05) is 12.0 Å². The summed E-state index contributed by atoms with van der Waals surface area (Å²) in [5, 5.41) is 9.41. The van der Waals surface area contributed by atoms with E-state index < -0.39 is 12.0 Å². The van der Waals surface area contributed by atoms with Crippen molar-refractivity contribution in [3.05, 3.63) is 40.3 Å². The SMILES string of the molecule is CSCCC(C(=O)O)N1C(=O)/C(=C/c2ccc(C)cc2)SC1=S. The Kier molecular flexibility index (Phi) is 6.26. The fourth-order valence-electron chi connectivity index (χ4n) is 2.16. The number of nitrogens with zero attached hydrogens (tertiary/aromatic N) is 1. The fourth-order valence-corrected chi connectivity index (χ4v) is 3.97. The van der Waals surface area contributed by atoms with Crippen LogP contribution in [0.1, 0.15) is 17.5 Å². The lowest BCUT2D eigenvalue weighted by Crippen LogP contribution is -2.44. The van der Waals surface area contributed by atoms with Crippen LogP contribution in [0.25, 0.3) is 6.08 Å². The third-order valence-corrected chi connectivity index (χ3v) is 5.37. The number of thioether (sulfide) groups is 2. The Morgan fingerprint density at radius 3 is 2.65 bits per heavy atom. The molecule has 23 heavy (non-hydrogen) atoms. The Bertz CT molecular complexity index is 655. The number of carbonyl (C=O) groups excluding carboxylic acids is 1. The Morgan fingerprint density at radius 1 is 1.43 bits per heavy atom. The van der Waals surface area contributed by atoms with E-state index in [1.54, 1.807) is 17.8 Å². The standard InChI is InChI=1S/C16H17NO3S3/c1-10-3-5-11(6-4-10)9-13-14(18)17(16(21)23-13)12(15(19)20)7-8-22-2/h3-6,9,12H,7-8H2,1-2H3,(H,19,20)/b13-9-. The van der Waals surface area contributed by atoms with Crippen LogP contribution in [0.4, 0.5) is 0 Å². The monoisotopic (exact) mass is 367 g/mol. The number of amides is 1. The molecule has 0 aliphatic carbocycles. The molecule has 1 aromatic carbocycles. The van der Waals surface area contributed by atoms with Gasteiger partial charge in [-0.3, -0.25) is 9.69 Å². The molecule has 0 spiro atoms. The highest BCUT2D eigenvalue weighted by molar-refractivity contribution is 8.26. The highest BCUT2D eigenvalue weighted by atomic mass is 32.2. The molecule has 1 fully saturated rings. The topological polar surface area (TPSA) is 57.6 Å². The molecule has 1 aliphatic rings. The van der Waals surface area contributed by atoms with E-state index in [-0.39, 0.29) is 5.91 Å². The Morgan fingerprint density at radius 2 is 2.09 bits per heavy atom. The minimum atomic E-state index is -1.02. The maximum Gasteiger partial charge on any atom is 0.326 e. The number of carboxylic acid groups (broad SMARTS) is 1. The lowest BCUT2D eigenvalue weighted by atomic mass is 10.1. The van der Waals surface area contributed by atoms with Crippen molar-refractivity contribution in [2.45, 2.75) is 19.4 Å². The van der Waals surface area contributed by atoms with E-state index in [1.165, 1.54) is 4.90 Å². The average molecular weight is 368 g/mol. The third kappa shape index (κ3) is 4.37. The van der Waals surface area contributed by atoms with Gasteiger partial charge in [0.15, 0.2) is 0 Å². The van der Waals surface area contributed by atoms with Crippen LogP contribution in [0.3, 0.4) is 0 Å². The Hall–Kier alpha value is -1.31. The molecular weight excluding hydrogens is 350 g/mol. The van der Waals surface area contributed by atoms with Crippen molar-refractivity contribution < 1.29 is 14.7 Å². The summed E-state index contributed by atoms with van der Waals surface area (Å²) >= 11 is 7.94. The van der Waals surface area contributed by atoms with Gasteiger partial charge in [0.05, 0.1) is 4.91 Å². The molecule has 1 unspecified atom stereocenters. The predicted molar refractivity (Wildman–Crippen MR) is 101 cm³/mol. The van der Waals surface area contributed by atoms with E-state index in [1.807, 2.05) is 37.4 Å². The maximum atomic E-state index is 12.6. The van der Waals surface area contributed by atoms with Gasteiger partial charge in [-0.25, -0.2) is 4.79 Å². The molecule has 1 aromatic rings. The van der Waals surface area contributed by atoms with Crippen LogP contribution in [0.2, 0.25) is 0 Å². The largest absolute Gasteiger partial charge is 0.480 e. The second kappa shape index (κ2) is 7.99. The van der Waals surface area contributed by atoms with E-state index in [9.17, 15) is 14.7 Å². The second-order valence-electron chi connectivity index (χ2n) is 5.10. The zero-order valence-corrected chi connectivity index (χ0v) is 15.3. The molecule has 4 nitrogen and oxygen atoms in total. The highest BCUT2D eigenvalue weighted by Gasteiger charge is 2.40. The van der Waals surface area contributed by atoms with Crippen LogP contribution in [0, 0.1) is 6.92 Å². The molecule has 7 heteroatoms. The van der Waals surface area contributed by atoms with Crippen LogP contribution >= 0.6 is 35.7 Å². The molecule has 0 bridgehead atoms. The maximum absolute atomic E-state index is 12.6. The first-order valence-corrected chi connectivity index (χ1v) is 9.61. The van der Waals surface area contributed by atoms with Gasteiger partial charge in [0, 0.05) is 0 Å². The number of benzene rings is 1. The van der Waals surface area contributed by atoms with Crippen molar-refractivity contribution in [1.29, 1.82) is 0 Å². The number of hydrogen-bond acceptors (Lipinski definition) is 5. The smallest absolute Gasteiger partial charge is 0.326 e. The number of rotatable bonds is 6. The van der Waals surface area contributed by atoms with Gasteiger partial charge in [0.1, 0.15) is 10.4 Å². The summed E-state index contributed by atoms with van der Waals surface area (Å²) in [6.07, 6.45) is 4.04. The van der Waals surface area contributed by atoms with Gasteiger partial charge in [-0.2, -0.15) is 11.8 Å². The summed E-state index contributed by atoms with van der Waals surface area (Å²) in [6, 6.07) is 6.86. The minimum absolute atomic E-state index is 0.307. The van der Waals surface area contributed by atoms with Gasteiger partial charge in [0.25, 0.3) is 5.91 Å². The number of aryl methyl sites for hydroxylation is 1. The molecule has 1 heterocycles. The summed E-state index contributed by atoms with van der Waals surface area (Å²) in [5.74, 6) is -0.689. The number of aliphatic carboxylic acids is 1. The minimum Gasteiger partial charge on any atom is -0.480 e. The first-order valence-electron chi connectivity index (χ1n) is 6.99. The molecule has 1 atom stereocenters. The quantitative estimate of drug-likeness (QED) is 0.614. The molecular formula is C16H17NO3S3. The van der Waals surface area contributed by atoms with Crippen molar-refractivity contribution >= 4 is 58.0 Å². The third-order valence-electron chi connectivity index (χ3n) is 3.39. The summed E-state index contributed by atoms with van der Waals surface area (Å²) in [5.41, 5.74) is 2.03. The zero-order valence-electron chi connectivity index (χ0n) is 12.8. The van der Waals surface area contributed by atoms with Gasteiger partial charge in [0.2, 0.25) is 0 Å². The lowest BCUT2D eigenvalue weighted by molar-refractivity contribution is -0.145. The van der Waals surface area contributed by atoms with Crippen LogP contribution in [0.15, 0.2) is 29.2 Å². The molecule has 1 saturated heterocycles. The van der Waals surface area contributed by atoms with Crippen LogP contribution in [-0.2, 0) is 9.59 Å². The second-order valence-corrected chi connectivity index (χ2v) is 7.76. The summed E-state index contributed by atoms with van der Waals surface area (Å²) in [7, 11) is 0. The highest BCUT2D eigenvalue weighted by Crippen LogP contribution is 2.34. The van der Waals surface area contributed by atoms with Gasteiger partial charge < -0.3 is 5.11 Å². The summed E-state index contributed by atoms with van der Waals surface area (Å²) in [6.45, 7) is 1.99. The number of carboxylic acids is 1. The fraction of sp³-hybridized carbons (Fsp3) is 0.312. The van der Waals surface area contributed by atoms with Gasteiger partial charge in [-0.05, 0) is 37.0 Å². The normalized spacial score (nSPS) is 17.8. The van der Waals surface area contributed by atoms with E-state index in [4.69, 9.17) is 12.2 Å². The predicted octanol–water partition coefficient (Wildman–Crippen LogP) is 3.40. The molecule has 1 aliphatic heterocycles. The average Bonchev–Trinajstić information content (AvgIpc) is 2.77. The van der Waals surface area contributed by atoms with E-state index in [0.717, 1.165) is 22.9 Å². The number of carbonyl (C=O) groups is 2. The molecule has 0 saturated carbocycles. The zero-order chi connectivity index (χ0) is 17.0. The Balaban J connectivity index is 2.24. The van der Waals surface area contributed by atoms with E-state index >= 15 is 0 Å². The summed E-state index contributed by atoms with van der Waals surface area (Å²) in [4.78, 5) is 25.8. The van der Waals surface area contributed by atoms with Crippen molar-refractivity contribution in [2.24, 2.45) is 0 Å². The van der Waals surface area contributed by atoms with Crippen molar-refractivity contribution in [3.63, 3.8) is 0 Å². The molecule has 0 radical (unpaired) electrons.